The van der Waals surface area contributed by atoms with Crippen LogP contribution >= 0.6 is 0 Å². The number of ether oxygens (including phenoxy) is 1. The van der Waals surface area contributed by atoms with E-state index in [9.17, 15) is 14.0 Å². The van der Waals surface area contributed by atoms with Gasteiger partial charge in [0, 0.05) is 13.1 Å². The van der Waals surface area contributed by atoms with Crippen molar-refractivity contribution in [3.63, 3.8) is 0 Å². The second kappa shape index (κ2) is 6.87. The summed E-state index contributed by atoms with van der Waals surface area (Å²) in [6, 6.07) is 3.62. The van der Waals surface area contributed by atoms with E-state index in [1.807, 2.05) is 13.8 Å². The zero-order chi connectivity index (χ0) is 14.4. The highest BCUT2D eigenvalue weighted by atomic mass is 19.1. The van der Waals surface area contributed by atoms with Crippen molar-refractivity contribution in [2.75, 3.05) is 13.1 Å². The third-order valence-corrected chi connectivity index (χ3v) is 2.83. The van der Waals surface area contributed by atoms with Crippen LogP contribution in [0.25, 0.3) is 0 Å². The minimum absolute atomic E-state index is 0.0965. The maximum atomic E-state index is 13.0. The van der Waals surface area contributed by atoms with E-state index >= 15 is 0 Å². The predicted octanol–water partition coefficient (Wildman–Crippen LogP) is 2.27. The number of carbonyl (C=O) groups excluding carboxylic acids is 2. The summed E-state index contributed by atoms with van der Waals surface area (Å²) in [5.74, 6) is -0.465. The molecule has 1 amide bonds. The number of aldehydes is 1. The Kier molecular flexibility index (Phi) is 5.48. The molecule has 19 heavy (non-hydrogen) atoms. The molecule has 0 spiro atoms. The van der Waals surface area contributed by atoms with Gasteiger partial charge >= 0.3 is 0 Å². The van der Waals surface area contributed by atoms with Crippen molar-refractivity contribution >= 4 is 12.2 Å². The lowest BCUT2D eigenvalue weighted by molar-refractivity contribution is -0.137. The van der Waals surface area contributed by atoms with Gasteiger partial charge in [0.05, 0.1) is 5.56 Å². The first-order valence-corrected chi connectivity index (χ1v) is 6.23. The first kappa shape index (κ1) is 15.1. The van der Waals surface area contributed by atoms with Gasteiger partial charge in [-0.15, -0.1) is 0 Å². The molecule has 4 nitrogen and oxygen atoms in total. The zero-order valence-corrected chi connectivity index (χ0v) is 11.4. The lowest BCUT2D eigenvalue weighted by atomic mass is 10.2. The Morgan fingerprint density at radius 1 is 1.42 bits per heavy atom. The number of hydrogen-bond donors (Lipinski definition) is 0. The Balaban J connectivity index is 2.84. The van der Waals surface area contributed by atoms with Gasteiger partial charge in [-0.1, -0.05) is 0 Å². The second-order valence-electron chi connectivity index (χ2n) is 4.07. The zero-order valence-electron chi connectivity index (χ0n) is 11.4. The number of benzene rings is 1. The van der Waals surface area contributed by atoms with Gasteiger partial charge in [-0.2, -0.15) is 0 Å². The molecule has 0 aliphatic carbocycles. The summed E-state index contributed by atoms with van der Waals surface area (Å²) in [4.78, 5) is 24.5. The van der Waals surface area contributed by atoms with Crippen LogP contribution in [-0.2, 0) is 4.79 Å². The smallest absolute Gasteiger partial charge is 0.263 e. The number of likely N-dealkylation sites (N-methyl/N-ethyl adjacent to an activating group) is 1. The van der Waals surface area contributed by atoms with Crippen LogP contribution in [-0.4, -0.2) is 36.3 Å². The van der Waals surface area contributed by atoms with Gasteiger partial charge in [0.25, 0.3) is 5.91 Å². The Labute approximate surface area is 112 Å². The van der Waals surface area contributed by atoms with Crippen LogP contribution in [0.2, 0.25) is 0 Å². The Hall–Kier alpha value is -1.91. The first-order valence-electron chi connectivity index (χ1n) is 6.23. The minimum atomic E-state index is -0.718. The van der Waals surface area contributed by atoms with E-state index in [0.29, 0.717) is 19.4 Å². The number of amides is 1. The third kappa shape index (κ3) is 3.77. The lowest BCUT2D eigenvalue weighted by Crippen LogP contribution is -2.40. The van der Waals surface area contributed by atoms with Crippen molar-refractivity contribution in [3.05, 3.63) is 29.6 Å². The molecule has 104 valence electrons. The molecule has 0 aliphatic rings. The number of nitrogens with zero attached hydrogens (tertiary/aromatic N) is 1. The molecule has 1 unspecified atom stereocenters. The summed E-state index contributed by atoms with van der Waals surface area (Å²) in [7, 11) is 0. The molecule has 1 atom stereocenters. The van der Waals surface area contributed by atoms with Crippen LogP contribution in [0.3, 0.4) is 0 Å². The van der Waals surface area contributed by atoms with Crippen molar-refractivity contribution < 1.29 is 18.7 Å². The maximum absolute atomic E-state index is 13.0. The molecule has 0 aromatic heterocycles. The van der Waals surface area contributed by atoms with Gasteiger partial charge in [0.2, 0.25) is 0 Å². The first-order chi connectivity index (χ1) is 9.03. The van der Waals surface area contributed by atoms with Crippen LogP contribution in [0, 0.1) is 5.82 Å². The number of rotatable bonds is 6. The molecule has 0 aliphatic heterocycles. The van der Waals surface area contributed by atoms with E-state index in [2.05, 4.69) is 0 Å². The molecule has 1 rings (SSSR count). The van der Waals surface area contributed by atoms with Gasteiger partial charge in [0.15, 0.2) is 12.4 Å². The average Bonchev–Trinajstić information content (AvgIpc) is 2.41. The monoisotopic (exact) mass is 267 g/mol. The van der Waals surface area contributed by atoms with Crippen molar-refractivity contribution in [2.24, 2.45) is 0 Å². The summed E-state index contributed by atoms with van der Waals surface area (Å²) >= 11 is 0. The molecule has 0 N–H and O–H groups in total. The van der Waals surface area contributed by atoms with Gasteiger partial charge < -0.3 is 9.64 Å². The highest BCUT2D eigenvalue weighted by molar-refractivity contribution is 5.82. The molecule has 0 radical (unpaired) electrons. The fourth-order valence-electron chi connectivity index (χ4n) is 1.75. The summed E-state index contributed by atoms with van der Waals surface area (Å²) in [5.41, 5.74) is 0.0965. The SMILES string of the molecule is CCN(CC)C(=O)C(C)Oc1ccc(F)cc1C=O. The molecular weight excluding hydrogens is 249 g/mol. The van der Waals surface area contributed by atoms with Crippen molar-refractivity contribution in [1.29, 1.82) is 0 Å². The molecule has 0 fully saturated rings. The van der Waals surface area contributed by atoms with Crippen LogP contribution in [0.5, 0.6) is 5.75 Å². The van der Waals surface area contributed by atoms with Crippen molar-refractivity contribution in [1.82, 2.24) is 4.90 Å². The highest BCUT2D eigenvalue weighted by Gasteiger charge is 2.20. The largest absolute Gasteiger partial charge is 0.480 e. The van der Waals surface area contributed by atoms with E-state index in [1.165, 1.54) is 12.1 Å². The van der Waals surface area contributed by atoms with E-state index in [1.54, 1.807) is 11.8 Å². The number of hydrogen-bond acceptors (Lipinski definition) is 3. The lowest BCUT2D eigenvalue weighted by Gasteiger charge is -2.23. The van der Waals surface area contributed by atoms with E-state index in [-0.39, 0.29) is 17.2 Å². The molecule has 0 saturated carbocycles. The van der Waals surface area contributed by atoms with Crippen molar-refractivity contribution in [2.45, 2.75) is 26.9 Å². The van der Waals surface area contributed by atoms with Gasteiger partial charge in [-0.05, 0) is 39.0 Å². The summed E-state index contributed by atoms with van der Waals surface area (Å²) < 4.78 is 18.4. The molecular formula is C14H18FNO3. The Bertz CT molecular complexity index is 458. The molecule has 1 aromatic rings. The fraction of sp³-hybridized carbons (Fsp3) is 0.429. The molecule has 0 heterocycles. The fourth-order valence-corrected chi connectivity index (χ4v) is 1.75. The number of halogens is 1. The molecule has 0 saturated heterocycles. The minimum Gasteiger partial charge on any atom is -0.480 e. The summed E-state index contributed by atoms with van der Waals surface area (Å²) in [6.45, 7) is 6.55. The van der Waals surface area contributed by atoms with Crippen LogP contribution in [0.15, 0.2) is 18.2 Å². The van der Waals surface area contributed by atoms with Gasteiger partial charge in [0.1, 0.15) is 11.6 Å². The average molecular weight is 267 g/mol. The van der Waals surface area contributed by atoms with Gasteiger partial charge in [-0.25, -0.2) is 4.39 Å². The van der Waals surface area contributed by atoms with E-state index < -0.39 is 11.9 Å². The van der Waals surface area contributed by atoms with Crippen LogP contribution < -0.4 is 4.74 Å². The maximum Gasteiger partial charge on any atom is 0.263 e. The molecule has 0 bridgehead atoms. The van der Waals surface area contributed by atoms with Crippen molar-refractivity contribution in [3.8, 4) is 5.75 Å². The Morgan fingerprint density at radius 2 is 2.05 bits per heavy atom. The third-order valence-electron chi connectivity index (χ3n) is 2.83. The molecule has 1 aromatic carbocycles. The second-order valence-corrected chi connectivity index (χ2v) is 4.07. The molecule has 5 heteroatoms. The highest BCUT2D eigenvalue weighted by Crippen LogP contribution is 2.19. The predicted molar refractivity (Wildman–Crippen MR) is 69.8 cm³/mol. The van der Waals surface area contributed by atoms with Crippen LogP contribution in [0.4, 0.5) is 4.39 Å². The number of carbonyl (C=O) groups is 2. The normalized spacial score (nSPS) is 11.8. The summed E-state index contributed by atoms with van der Waals surface area (Å²) in [6.07, 6.45) is -0.211. The topological polar surface area (TPSA) is 46.6 Å². The Morgan fingerprint density at radius 3 is 2.58 bits per heavy atom. The van der Waals surface area contributed by atoms with Gasteiger partial charge in [-0.3, -0.25) is 9.59 Å². The van der Waals surface area contributed by atoms with Crippen LogP contribution in [0.1, 0.15) is 31.1 Å². The standard InChI is InChI=1S/C14H18FNO3/c1-4-16(5-2)14(18)10(3)19-13-7-6-12(15)8-11(13)9-17/h6-10H,4-5H2,1-3H3. The van der Waals surface area contributed by atoms with E-state index in [0.717, 1.165) is 6.07 Å². The quantitative estimate of drug-likeness (QED) is 0.743. The van der Waals surface area contributed by atoms with E-state index in [4.69, 9.17) is 4.74 Å². The summed E-state index contributed by atoms with van der Waals surface area (Å²) in [5, 5.41) is 0.